The highest BCUT2D eigenvalue weighted by Gasteiger charge is 2.21. The van der Waals surface area contributed by atoms with Gasteiger partial charge in [-0.05, 0) is 26.0 Å². The monoisotopic (exact) mass is 310 g/mol. The zero-order valence-corrected chi connectivity index (χ0v) is 13.2. The standard InChI is InChI=1S/C14H18N2O2S2/c1-3-16(8-9-17)13(18)10(2)19-14-15-11-6-4-5-7-12(11)20-14/h4-7,10,17H,3,8-9H2,1-2H3. The van der Waals surface area contributed by atoms with Gasteiger partial charge in [0.05, 0.1) is 22.1 Å². The van der Waals surface area contributed by atoms with Crippen LogP contribution in [0, 0.1) is 0 Å². The maximum atomic E-state index is 12.3. The largest absolute Gasteiger partial charge is 0.395 e. The second-order valence-corrected chi connectivity index (χ2v) is 6.97. The number of aliphatic hydroxyl groups is 1. The average Bonchev–Trinajstić information content (AvgIpc) is 2.86. The first-order valence-electron chi connectivity index (χ1n) is 6.57. The summed E-state index contributed by atoms with van der Waals surface area (Å²) >= 11 is 3.09. The van der Waals surface area contributed by atoms with Crippen LogP contribution in [0.2, 0.25) is 0 Å². The molecule has 1 N–H and O–H groups in total. The van der Waals surface area contributed by atoms with Crippen LogP contribution in [-0.4, -0.2) is 45.8 Å². The van der Waals surface area contributed by atoms with Gasteiger partial charge in [-0.1, -0.05) is 23.9 Å². The third-order valence-corrected chi connectivity index (χ3v) is 5.18. The number of amides is 1. The summed E-state index contributed by atoms with van der Waals surface area (Å²) in [6, 6.07) is 7.97. The quantitative estimate of drug-likeness (QED) is 0.833. The molecular formula is C14H18N2O2S2. The van der Waals surface area contributed by atoms with Crippen molar-refractivity contribution in [1.82, 2.24) is 9.88 Å². The molecule has 0 radical (unpaired) electrons. The summed E-state index contributed by atoms with van der Waals surface area (Å²) in [5.74, 6) is 0.0470. The fourth-order valence-electron chi connectivity index (χ4n) is 1.91. The summed E-state index contributed by atoms with van der Waals surface area (Å²) in [5, 5.41) is 8.78. The van der Waals surface area contributed by atoms with E-state index in [-0.39, 0.29) is 17.8 Å². The molecule has 1 atom stereocenters. The number of benzene rings is 1. The van der Waals surface area contributed by atoms with Crippen LogP contribution < -0.4 is 0 Å². The van der Waals surface area contributed by atoms with E-state index >= 15 is 0 Å². The van der Waals surface area contributed by atoms with E-state index in [4.69, 9.17) is 5.11 Å². The fraction of sp³-hybridized carbons (Fsp3) is 0.429. The van der Waals surface area contributed by atoms with Crippen LogP contribution in [0.1, 0.15) is 13.8 Å². The van der Waals surface area contributed by atoms with Gasteiger partial charge in [-0.25, -0.2) is 4.98 Å². The summed E-state index contributed by atoms with van der Waals surface area (Å²) in [6.45, 7) is 4.81. The fourth-order valence-corrected chi connectivity index (χ4v) is 4.20. The molecule has 0 aliphatic carbocycles. The highest BCUT2D eigenvalue weighted by Crippen LogP contribution is 2.32. The van der Waals surface area contributed by atoms with Gasteiger partial charge in [0.2, 0.25) is 5.91 Å². The summed E-state index contributed by atoms with van der Waals surface area (Å²) < 4.78 is 2.05. The SMILES string of the molecule is CCN(CCO)C(=O)C(C)Sc1nc2ccccc2s1. The Kier molecular flexibility index (Phi) is 5.39. The van der Waals surface area contributed by atoms with E-state index in [1.165, 1.54) is 11.8 Å². The molecule has 108 valence electrons. The molecule has 0 saturated heterocycles. The van der Waals surface area contributed by atoms with E-state index in [1.807, 2.05) is 38.1 Å². The number of fused-ring (bicyclic) bond motifs is 1. The lowest BCUT2D eigenvalue weighted by Gasteiger charge is -2.22. The molecule has 2 rings (SSSR count). The van der Waals surface area contributed by atoms with Gasteiger partial charge in [0.25, 0.3) is 0 Å². The second kappa shape index (κ2) is 7.06. The normalized spacial score (nSPS) is 12.6. The van der Waals surface area contributed by atoms with E-state index in [0.29, 0.717) is 13.1 Å². The predicted octanol–water partition coefficient (Wildman–Crippen LogP) is 2.62. The van der Waals surface area contributed by atoms with Gasteiger partial charge in [0.1, 0.15) is 0 Å². The van der Waals surface area contributed by atoms with Crippen molar-refractivity contribution in [2.45, 2.75) is 23.4 Å². The molecule has 0 spiro atoms. The molecule has 1 aromatic carbocycles. The van der Waals surface area contributed by atoms with Crippen LogP contribution in [0.5, 0.6) is 0 Å². The smallest absolute Gasteiger partial charge is 0.235 e. The number of thiazole rings is 1. The Bertz CT molecular complexity index is 552. The van der Waals surface area contributed by atoms with E-state index < -0.39 is 0 Å². The zero-order chi connectivity index (χ0) is 14.5. The van der Waals surface area contributed by atoms with Crippen LogP contribution >= 0.6 is 23.1 Å². The first-order chi connectivity index (χ1) is 9.65. The van der Waals surface area contributed by atoms with E-state index in [0.717, 1.165) is 14.6 Å². The van der Waals surface area contributed by atoms with Crippen molar-refractivity contribution in [3.63, 3.8) is 0 Å². The first-order valence-corrected chi connectivity index (χ1v) is 8.27. The molecule has 0 aliphatic rings. The maximum Gasteiger partial charge on any atom is 0.235 e. The molecule has 20 heavy (non-hydrogen) atoms. The lowest BCUT2D eigenvalue weighted by atomic mass is 10.3. The molecule has 0 aliphatic heterocycles. The number of hydrogen-bond donors (Lipinski definition) is 1. The molecule has 2 aromatic rings. The number of hydrogen-bond acceptors (Lipinski definition) is 5. The Hall–Kier alpha value is -1.11. The molecule has 4 nitrogen and oxygen atoms in total. The van der Waals surface area contributed by atoms with Crippen molar-refractivity contribution in [1.29, 1.82) is 0 Å². The summed E-state index contributed by atoms with van der Waals surface area (Å²) in [4.78, 5) is 18.5. The molecule has 6 heteroatoms. The van der Waals surface area contributed by atoms with Gasteiger partial charge in [0.15, 0.2) is 4.34 Å². The van der Waals surface area contributed by atoms with Gasteiger partial charge < -0.3 is 10.0 Å². The molecule has 1 unspecified atom stereocenters. The molecule has 1 aromatic heterocycles. The molecule has 0 saturated carbocycles. The topological polar surface area (TPSA) is 53.4 Å². The van der Waals surface area contributed by atoms with Crippen LogP contribution in [0.4, 0.5) is 0 Å². The highest BCUT2D eigenvalue weighted by molar-refractivity contribution is 8.02. The summed E-state index contributed by atoms with van der Waals surface area (Å²) in [5.41, 5.74) is 0.974. The number of rotatable bonds is 6. The van der Waals surface area contributed by atoms with Gasteiger partial charge >= 0.3 is 0 Å². The molecular weight excluding hydrogens is 292 g/mol. The number of para-hydroxylation sites is 1. The summed E-state index contributed by atoms with van der Waals surface area (Å²) in [6.07, 6.45) is 0. The lowest BCUT2D eigenvalue weighted by Crippen LogP contribution is -2.38. The minimum absolute atomic E-state index is 0.00188. The number of carbonyl (C=O) groups is 1. The Labute approximate surface area is 126 Å². The molecule has 0 bridgehead atoms. The lowest BCUT2D eigenvalue weighted by molar-refractivity contribution is -0.130. The Morgan fingerprint density at radius 1 is 1.50 bits per heavy atom. The van der Waals surface area contributed by atoms with E-state index in [9.17, 15) is 4.79 Å². The highest BCUT2D eigenvalue weighted by atomic mass is 32.2. The van der Waals surface area contributed by atoms with E-state index in [1.54, 1.807) is 16.2 Å². The number of carbonyl (C=O) groups excluding carboxylic acids is 1. The van der Waals surface area contributed by atoms with Crippen LogP contribution in [0.15, 0.2) is 28.6 Å². The maximum absolute atomic E-state index is 12.3. The number of thioether (sulfide) groups is 1. The average molecular weight is 310 g/mol. The van der Waals surface area contributed by atoms with E-state index in [2.05, 4.69) is 4.98 Å². The van der Waals surface area contributed by atoms with Crippen LogP contribution in [0.25, 0.3) is 10.2 Å². The van der Waals surface area contributed by atoms with Crippen LogP contribution in [0.3, 0.4) is 0 Å². The minimum atomic E-state index is -0.193. The summed E-state index contributed by atoms with van der Waals surface area (Å²) in [7, 11) is 0. The Morgan fingerprint density at radius 2 is 2.25 bits per heavy atom. The second-order valence-electron chi connectivity index (χ2n) is 4.35. The number of aliphatic hydroxyl groups excluding tert-OH is 1. The number of likely N-dealkylation sites (N-methyl/N-ethyl adjacent to an activating group) is 1. The van der Waals surface area contributed by atoms with Gasteiger partial charge in [-0.15, -0.1) is 11.3 Å². The van der Waals surface area contributed by atoms with Crippen molar-refractivity contribution < 1.29 is 9.90 Å². The number of nitrogens with zero attached hydrogens (tertiary/aromatic N) is 2. The van der Waals surface area contributed by atoms with Crippen molar-refractivity contribution in [2.24, 2.45) is 0 Å². The van der Waals surface area contributed by atoms with Crippen molar-refractivity contribution in [3.05, 3.63) is 24.3 Å². The van der Waals surface area contributed by atoms with Crippen molar-refractivity contribution in [3.8, 4) is 0 Å². The van der Waals surface area contributed by atoms with Crippen molar-refractivity contribution >= 4 is 39.2 Å². The third kappa shape index (κ3) is 3.50. The number of aromatic nitrogens is 1. The Balaban J connectivity index is 2.06. The zero-order valence-electron chi connectivity index (χ0n) is 11.6. The molecule has 1 heterocycles. The first kappa shape index (κ1) is 15.3. The van der Waals surface area contributed by atoms with Gasteiger partial charge in [0, 0.05) is 13.1 Å². The molecule has 1 amide bonds. The van der Waals surface area contributed by atoms with Gasteiger partial charge in [-0.3, -0.25) is 4.79 Å². The van der Waals surface area contributed by atoms with Crippen molar-refractivity contribution in [2.75, 3.05) is 19.7 Å². The molecule has 0 fully saturated rings. The minimum Gasteiger partial charge on any atom is -0.395 e. The Morgan fingerprint density at radius 3 is 2.90 bits per heavy atom. The third-order valence-electron chi connectivity index (χ3n) is 2.96. The van der Waals surface area contributed by atoms with Crippen LogP contribution in [-0.2, 0) is 4.79 Å². The predicted molar refractivity (Wildman–Crippen MR) is 84.3 cm³/mol. The van der Waals surface area contributed by atoms with Gasteiger partial charge in [-0.2, -0.15) is 0 Å².